The third-order valence-corrected chi connectivity index (χ3v) is 2.73. The van der Waals surface area contributed by atoms with E-state index in [1.807, 2.05) is 44.2 Å². The summed E-state index contributed by atoms with van der Waals surface area (Å²) in [7, 11) is 0. The maximum atomic E-state index is 5.75. The molecule has 0 amide bonds. The van der Waals surface area contributed by atoms with Gasteiger partial charge in [0.25, 0.3) is 0 Å². The largest absolute Gasteiger partial charge is 0.487 e. The minimum Gasteiger partial charge on any atom is -0.487 e. The fourth-order valence-electron chi connectivity index (χ4n) is 1.56. The Morgan fingerprint density at radius 3 is 2.71 bits per heavy atom. The molecule has 0 saturated carbocycles. The number of nitrogen functional groups attached to an aromatic ring is 1. The van der Waals surface area contributed by atoms with Crippen molar-refractivity contribution in [2.24, 2.45) is 0 Å². The van der Waals surface area contributed by atoms with Crippen LogP contribution in [0.25, 0.3) is 0 Å². The first-order chi connectivity index (χ1) is 8.16. The summed E-state index contributed by atoms with van der Waals surface area (Å²) in [6, 6.07) is 9.62. The van der Waals surface area contributed by atoms with Gasteiger partial charge in [-0.1, -0.05) is 6.07 Å². The molecule has 1 aromatic carbocycles. The summed E-state index contributed by atoms with van der Waals surface area (Å²) in [6.07, 6.45) is 1.78. The first-order valence-corrected chi connectivity index (χ1v) is 5.56. The number of pyridine rings is 1. The molecule has 88 valence electrons. The Balaban J connectivity index is 2.08. The van der Waals surface area contributed by atoms with E-state index in [-0.39, 0.29) is 0 Å². The monoisotopic (exact) mass is 228 g/mol. The van der Waals surface area contributed by atoms with Crippen LogP contribution in [0.3, 0.4) is 0 Å². The lowest BCUT2D eigenvalue weighted by molar-refractivity contribution is 0.300. The minimum absolute atomic E-state index is 0.482. The van der Waals surface area contributed by atoms with E-state index in [4.69, 9.17) is 10.5 Å². The highest BCUT2D eigenvalue weighted by Crippen LogP contribution is 2.19. The van der Waals surface area contributed by atoms with Crippen LogP contribution in [0.2, 0.25) is 0 Å². The van der Waals surface area contributed by atoms with Gasteiger partial charge in [-0.05, 0) is 49.2 Å². The third kappa shape index (κ3) is 2.75. The van der Waals surface area contributed by atoms with Gasteiger partial charge < -0.3 is 10.5 Å². The first kappa shape index (κ1) is 11.5. The fraction of sp³-hybridized carbons (Fsp3) is 0.214. The molecule has 1 heterocycles. The van der Waals surface area contributed by atoms with Crippen LogP contribution in [0, 0.1) is 13.8 Å². The molecule has 2 N–H and O–H groups in total. The number of nitrogens with zero attached hydrogens (tertiary/aromatic N) is 1. The van der Waals surface area contributed by atoms with Crippen LogP contribution in [0.4, 0.5) is 5.69 Å². The number of anilines is 1. The van der Waals surface area contributed by atoms with Gasteiger partial charge in [-0.15, -0.1) is 0 Å². The van der Waals surface area contributed by atoms with Crippen LogP contribution < -0.4 is 10.5 Å². The molecule has 2 aromatic rings. The SMILES string of the molecule is Cc1cc(OCc2ncccc2C)ccc1N. The zero-order valence-corrected chi connectivity index (χ0v) is 10.1. The average molecular weight is 228 g/mol. The maximum Gasteiger partial charge on any atom is 0.130 e. The highest BCUT2D eigenvalue weighted by molar-refractivity contribution is 5.49. The van der Waals surface area contributed by atoms with Gasteiger partial charge >= 0.3 is 0 Å². The molecule has 0 aliphatic heterocycles. The summed E-state index contributed by atoms with van der Waals surface area (Å²) in [4.78, 5) is 4.28. The Labute approximate surface area is 101 Å². The molecule has 0 bridgehead atoms. The molecule has 1 aromatic heterocycles. The van der Waals surface area contributed by atoms with Crippen molar-refractivity contribution in [3.63, 3.8) is 0 Å². The van der Waals surface area contributed by atoms with E-state index in [0.29, 0.717) is 6.61 Å². The third-order valence-electron chi connectivity index (χ3n) is 2.73. The zero-order chi connectivity index (χ0) is 12.3. The number of benzene rings is 1. The van der Waals surface area contributed by atoms with Crippen molar-refractivity contribution in [2.45, 2.75) is 20.5 Å². The van der Waals surface area contributed by atoms with E-state index >= 15 is 0 Å². The molecule has 0 unspecified atom stereocenters. The lowest BCUT2D eigenvalue weighted by Crippen LogP contribution is -2.01. The molecular formula is C14H16N2O. The van der Waals surface area contributed by atoms with Gasteiger partial charge in [-0.25, -0.2) is 0 Å². The molecule has 3 nitrogen and oxygen atoms in total. The lowest BCUT2D eigenvalue weighted by Gasteiger charge is -2.09. The van der Waals surface area contributed by atoms with Crippen LogP contribution in [0.5, 0.6) is 5.75 Å². The Hall–Kier alpha value is -2.03. The van der Waals surface area contributed by atoms with E-state index in [2.05, 4.69) is 4.98 Å². The van der Waals surface area contributed by atoms with Crippen molar-refractivity contribution >= 4 is 5.69 Å². The van der Waals surface area contributed by atoms with E-state index in [1.165, 1.54) is 0 Å². The molecule has 0 radical (unpaired) electrons. The van der Waals surface area contributed by atoms with Crippen molar-refractivity contribution in [3.8, 4) is 5.75 Å². The molecule has 0 aliphatic carbocycles. The van der Waals surface area contributed by atoms with E-state index < -0.39 is 0 Å². The van der Waals surface area contributed by atoms with Crippen molar-refractivity contribution in [3.05, 3.63) is 53.3 Å². The number of hydrogen-bond donors (Lipinski definition) is 1. The Morgan fingerprint density at radius 1 is 1.18 bits per heavy atom. The summed E-state index contributed by atoms with van der Waals surface area (Å²) in [6.45, 7) is 4.48. The summed E-state index contributed by atoms with van der Waals surface area (Å²) in [5.41, 5.74) is 9.66. The van der Waals surface area contributed by atoms with E-state index in [1.54, 1.807) is 6.20 Å². The highest BCUT2D eigenvalue weighted by atomic mass is 16.5. The second-order valence-corrected chi connectivity index (χ2v) is 4.07. The zero-order valence-electron chi connectivity index (χ0n) is 10.1. The van der Waals surface area contributed by atoms with Crippen molar-refractivity contribution in [1.29, 1.82) is 0 Å². The average Bonchev–Trinajstić information content (AvgIpc) is 2.32. The lowest BCUT2D eigenvalue weighted by atomic mass is 10.2. The number of rotatable bonds is 3. The summed E-state index contributed by atoms with van der Waals surface area (Å²) < 4.78 is 5.69. The quantitative estimate of drug-likeness (QED) is 0.822. The molecule has 0 fully saturated rings. The molecular weight excluding hydrogens is 212 g/mol. The molecule has 17 heavy (non-hydrogen) atoms. The Bertz CT molecular complexity index is 523. The van der Waals surface area contributed by atoms with Crippen molar-refractivity contribution in [2.75, 3.05) is 5.73 Å². The van der Waals surface area contributed by atoms with Gasteiger partial charge in [-0.2, -0.15) is 0 Å². The molecule has 0 aliphatic rings. The van der Waals surface area contributed by atoms with Crippen molar-refractivity contribution < 1.29 is 4.74 Å². The molecule has 0 saturated heterocycles. The topological polar surface area (TPSA) is 48.1 Å². The smallest absolute Gasteiger partial charge is 0.130 e. The number of ether oxygens (including phenoxy) is 1. The second kappa shape index (κ2) is 4.87. The maximum absolute atomic E-state index is 5.75. The van der Waals surface area contributed by atoms with E-state index in [0.717, 1.165) is 28.3 Å². The highest BCUT2D eigenvalue weighted by Gasteiger charge is 2.01. The molecule has 2 rings (SSSR count). The van der Waals surface area contributed by atoms with Gasteiger partial charge in [0.15, 0.2) is 0 Å². The minimum atomic E-state index is 0.482. The summed E-state index contributed by atoms with van der Waals surface area (Å²) >= 11 is 0. The summed E-state index contributed by atoms with van der Waals surface area (Å²) in [5, 5.41) is 0. The number of hydrogen-bond acceptors (Lipinski definition) is 3. The van der Waals surface area contributed by atoms with Gasteiger partial charge in [-0.3, -0.25) is 4.98 Å². The van der Waals surface area contributed by atoms with Crippen LogP contribution in [0.1, 0.15) is 16.8 Å². The number of aromatic nitrogens is 1. The fourth-order valence-corrected chi connectivity index (χ4v) is 1.56. The summed E-state index contributed by atoms with van der Waals surface area (Å²) in [5.74, 6) is 0.821. The molecule has 0 atom stereocenters. The Morgan fingerprint density at radius 2 is 2.00 bits per heavy atom. The van der Waals surface area contributed by atoms with E-state index in [9.17, 15) is 0 Å². The van der Waals surface area contributed by atoms with Gasteiger partial charge in [0.2, 0.25) is 0 Å². The van der Waals surface area contributed by atoms with Crippen LogP contribution in [-0.4, -0.2) is 4.98 Å². The van der Waals surface area contributed by atoms with Gasteiger partial charge in [0, 0.05) is 11.9 Å². The second-order valence-electron chi connectivity index (χ2n) is 4.07. The first-order valence-electron chi connectivity index (χ1n) is 5.56. The van der Waals surface area contributed by atoms with Gasteiger partial charge in [0.05, 0.1) is 5.69 Å². The normalized spacial score (nSPS) is 10.2. The Kier molecular flexibility index (Phi) is 3.28. The molecule has 0 spiro atoms. The van der Waals surface area contributed by atoms with Crippen LogP contribution in [0.15, 0.2) is 36.5 Å². The predicted octanol–water partition coefficient (Wildman–Crippen LogP) is 2.86. The van der Waals surface area contributed by atoms with Crippen molar-refractivity contribution in [1.82, 2.24) is 4.98 Å². The standard InChI is InChI=1S/C14H16N2O/c1-10-4-3-7-16-14(10)9-17-12-5-6-13(15)11(2)8-12/h3-8H,9,15H2,1-2H3. The van der Waals surface area contributed by atoms with Gasteiger partial charge in [0.1, 0.15) is 12.4 Å². The number of nitrogens with two attached hydrogens (primary N) is 1. The predicted molar refractivity (Wildman–Crippen MR) is 68.9 cm³/mol. The number of aryl methyl sites for hydroxylation is 2. The van der Waals surface area contributed by atoms with Crippen LogP contribution >= 0.6 is 0 Å². The van der Waals surface area contributed by atoms with Crippen LogP contribution in [-0.2, 0) is 6.61 Å². The molecule has 3 heteroatoms.